The van der Waals surface area contributed by atoms with Crippen LogP contribution >= 0.6 is 0 Å². The summed E-state index contributed by atoms with van der Waals surface area (Å²) in [6.07, 6.45) is 7.39. The first-order valence-electron chi connectivity index (χ1n) is 10.7. The SMILES string of the molecule is CC(CC(=O)N1CCN(Cc2noc(C(C)(C)C)n2)CC1)C1CCCCC1. The Morgan fingerprint density at radius 3 is 2.41 bits per heavy atom. The van der Waals surface area contributed by atoms with Crippen LogP contribution in [0.5, 0.6) is 0 Å². The first-order valence-corrected chi connectivity index (χ1v) is 10.7. The number of amides is 1. The molecule has 6 nitrogen and oxygen atoms in total. The van der Waals surface area contributed by atoms with Crippen molar-refractivity contribution in [1.82, 2.24) is 19.9 Å². The van der Waals surface area contributed by atoms with Crippen molar-refractivity contribution in [2.75, 3.05) is 26.2 Å². The third-order valence-corrected chi connectivity index (χ3v) is 6.15. The summed E-state index contributed by atoms with van der Waals surface area (Å²) in [6, 6.07) is 0. The maximum Gasteiger partial charge on any atom is 0.232 e. The number of nitrogens with zero attached hydrogens (tertiary/aromatic N) is 4. The second kappa shape index (κ2) is 8.72. The van der Waals surface area contributed by atoms with Gasteiger partial charge >= 0.3 is 0 Å². The topological polar surface area (TPSA) is 62.5 Å². The lowest BCUT2D eigenvalue weighted by Crippen LogP contribution is -2.48. The summed E-state index contributed by atoms with van der Waals surface area (Å²) in [5, 5.41) is 4.11. The van der Waals surface area contributed by atoms with Gasteiger partial charge in [-0.15, -0.1) is 0 Å². The third kappa shape index (κ3) is 5.53. The molecule has 1 aliphatic carbocycles. The van der Waals surface area contributed by atoms with Crippen molar-refractivity contribution in [2.45, 2.75) is 78.2 Å². The van der Waals surface area contributed by atoms with Gasteiger partial charge in [-0.2, -0.15) is 4.98 Å². The minimum atomic E-state index is -0.120. The zero-order valence-electron chi connectivity index (χ0n) is 17.5. The van der Waals surface area contributed by atoms with Crippen LogP contribution in [0.4, 0.5) is 0 Å². The molecule has 1 amide bonds. The molecule has 2 aliphatic rings. The molecule has 1 unspecified atom stereocenters. The molecule has 1 aromatic rings. The largest absolute Gasteiger partial charge is 0.340 e. The highest BCUT2D eigenvalue weighted by atomic mass is 16.5. The highest BCUT2D eigenvalue weighted by Crippen LogP contribution is 2.31. The highest BCUT2D eigenvalue weighted by Gasteiger charge is 2.27. The Labute approximate surface area is 163 Å². The number of rotatable bonds is 5. The summed E-state index contributed by atoms with van der Waals surface area (Å²) >= 11 is 0. The van der Waals surface area contributed by atoms with Gasteiger partial charge in [-0.05, 0) is 11.8 Å². The fourth-order valence-corrected chi connectivity index (χ4v) is 4.25. The predicted molar refractivity (Wildman–Crippen MR) is 105 cm³/mol. The molecule has 27 heavy (non-hydrogen) atoms. The van der Waals surface area contributed by atoms with Crippen LogP contribution in [0.2, 0.25) is 0 Å². The summed E-state index contributed by atoms with van der Waals surface area (Å²) in [4.78, 5) is 21.6. The van der Waals surface area contributed by atoms with Gasteiger partial charge in [-0.3, -0.25) is 9.69 Å². The van der Waals surface area contributed by atoms with E-state index in [0.29, 0.717) is 30.7 Å². The Hall–Kier alpha value is -1.43. The molecule has 2 heterocycles. The monoisotopic (exact) mass is 376 g/mol. The minimum absolute atomic E-state index is 0.120. The van der Waals surface area contributed by atoms with Gasteiger partial charge in [0.1, 0.15) is 0 Å². The van der Waals surface area contributed by atoms with E-state index in [1.165, 1.54) is 32.1 Å². The first-order chi connectivity index (χ1) is 12.8. The van der Waals surface area contributed by atoms with E-state index in [2.05, 4.69) is 42.7 Å². The van der Waals surface area contributed by atoms with Crippen molar-refractivity contribution >= 4 is 5.91 Å². The summed E-state index contributed by atoms with van der Waals surface area (Å²) in [7, 11) is 0. The van der Waals surface area contributed by atoms with Crippen LogP contribution in [0.25, 0.3) is 0 Å². The van der Waals surface area contributed by atoms with E-state index in [9.17, 15) is 4.79 Å². The molecular formula is C21H36N4O2. The quantitative estimate of drug-likeness (QED) is 0.785. The van der Waals surface area contributed by atoms with Gasteiger partial charge in [0, 0.05) is 38.0 Å². The second-order valence-corrected chi connectivity index (χ2v) is 9.50. The number of carbonyl (C=O) groups excluding carboxylic acids is 1. The Balaban J connectivity index is 1.43. The number of hydrogen-bond donors (Lipinski definition) is 0. The van der Waals surface area contributed by atoms with Crippen LogP contribution < -0.4 is 0 Å². The molecule has 1 aliphatic heterocycles. The zero-order chi connectivity index (χ0) is 19.4. The van der Waals surface area contributed by atoms with Crippen molar-refractivity contribution < 1.29 is 9.32 Å². The van der Waals surface area contributed by atoms with Crippen LogP contribution in [0.3, 0.4) is 0 Å². The standard InChI is InChI=1S/C21H36N4O2/c1-16(17-8-6-5-7-9-17)14-19(26)25-12-10-24(11-13-25)15-18-22-20(27-23-18)21(2,3)4/h16-17H,5-15H2,1-4H3. The molecule has 1 saturated carbocycles. The number of piperazine rings is 1. The molecule has 0 N–H and O–H groups in total. The number of carbonyl (C=O) groups is 1. The van der Waals surface area contributed by atoms with E-state index >= 15 is 0 Å². The summed E-state index contributed by atoms with van der Waals surface area (Å²) < 4.78 is 5.38. The molecular weight excluding hydrogens is 340 g/mol. The van der Waals surface area contributed by atoms with Gasteiger partial charge in [-0.25, -0.2) is 0 Å². The Bertz CT molecular complexity index is 608. The lowest BCUT2D eigenvalue weighted by Gasteiger charge is -2.35. The first kappa shape index (κ1) is 20.3. The molecule has 152 valence electrons. The Morgan fingerprint density at radius 2 is 1.81 bits per heavy atom. The lowest BCUT2D eigenvalue weighted by atomic mass is 9.79. The molecule has 0 bridgehead atoms. The van der Waals surface area contributed by atoms with Crippen molar-refractivity contribution in [3.05, 3.63) is 11.7 Å². The molecule has 0 aromatic carbocycles. The molecule has 2 fully saturated rings. The highest BCUT2D eigenvalue weighted by molar-refractivity contribution is 5.76. The van der Waals surface area contributed by atoms with Gasteiger partial charge < -0.3 is 9.42 Å². The van der Waals surface area contributed by atoms with Crippen LogP contribution in [0.1, 0.15) is 77.9 Å². The van der Waals surface area contributed by atoms with Crippen molar-refractivity contribution in [3.63, 3.8) is 0 Å². The van der Waals surface area contributed by atoms with Crippen LogP contribution in [-0.2, 0) is 16.8 Å². The molecule has 1 aromatic heterocycles. The average molecular weight is 377 g/mol. The van der Waals surface area contributed by atoms with Gasteiger partial charge in [0.05, 0.1) is 6.54 Å². The second-order valence-electron chi connectivity index (χ2n) is 9.50. The van der Waals surface area contributed by atoms with Crippen molar-refractivity contribution in [3.8, 4) is 0 Å². The van der Waals surface area contributed by atoms with Gasteiger partial charge in [0.15, 0.2) is 5.82 Å². The van der Waals surface area contributed by atoms with E-state index < -0.39 is 0 Å². The molecule has 0 spiro atoms. The fourth-order valence-electron chi connectivity index (χ4n) is 4.25. The van der Waals surface area contributed by atoms with E-state index in [1.807, 2.05) is 4.90 Å². The number of aromatic nitrogens is 2. The zero-order valence-corrected chi connectivity index (χ0v) is 17.5. The maximum absolute atomic E-state index is 12.7. The van der Waals surface area contributed by atoms with Crippen LogP contribution in [-0.4, -0.2) is 52.0 Å². The predicted octanol–water partition coefficient (Wildman–Crippen LogP) is 3.62. The fraction of sp³-hybridized carbons (Fsp3) is 0.857. The lowest BCUT2D eigenvalue weighted by molar-refractivity contribution is -0.134. The average Bonchev–Trinajstić information content (AvgIpc) is 3.12. The van der Waals surface area contributed by atoms with Gasteiger partial charge in [0.2, 0.25) is 11.8 Å². The normalized spacial score (nSPS) is 21.4. The molecule has 1 saturated heterocycles. The van der Waals surface area contributed by atoms with Gasteiger partial charge in [-0.1, -0.05) is 65.0 Å². The maximum atomic E-state index is 12.7. The summed E-state index contributed by atoms with van der Waals surface area (Å²) in [5.41, 5.74) is -0.120. The van der Waals surface area contributed by atoms with E-state index in [4.69, 9.17) is 4.52 Å². The third-order valence-electron chi connectivity index (χ3n) is 6.15. The molecule has 0 radical (unpaired) electrons. The minimum Gasteiger partial charge on any atom is -0.340 e. The summed E-state index contributed by atoms with van der Waals surface area (Å²) in [5.74, 6) is 3.03. The van der Waals surface area contributed by atoms with E-state index in [1.54, 1.807) is 0 Å². The number of hydrogen-bond acceptors (Lipinski definition) is 5. The Kier molecular flexibility index (Phi) is 6.56. The smallest absolute Gasteiger partial charge is 0.232 e. The van der Waals surface area contributed by atoms with Gasteiger partial charge in [0.25, 0.3) is 0 Å². The van der Waals surface area contributed by atoms with Crippen molar-refractivity contribution in [2.24, 2.45) is 11.8 Å². The van der Waals surface area contributed by atoms with E-state index in [-0.39, 0.29) is 5.41 Å². The van der Waals surface area contributed by atoms with Crippen molar-refractivity contribution in [1.29, 1.82) is 0 Å². The van der Waals surface area contributed by atoms with E-state index in [0.717, 1.165) is 37.9 Å². The van der Waals surface area contributed by atoms with Crippen LogP contribution in [0.15, 0.2) is 4.52 Å². The molecule has 1 atom stereocenters. The molecule has 3 rings (SSSR count). The summed E-state index contributed by atoms with van der Waals surface area (Å²) in [6.45, 7) is 12.6. The Morgan fingerprint density at radius 1 is 1.15 bits per heavy atom. The van der Waals surface area contributed by atoms with Crippen LogP contribution in [0, 0.1) is 11.8 Å². The molecule has 6 heteroatoms.